The molecule has 0 spiro atoms. The highest BCUT2D eigenvalue weighted by Gasteiger charge is 2.34. The van der Waals surface area contributed by atoms with Crippen molar-refractivity contribution < 1.29 is 4.79 Å². The van der Waals surface area contributed by atoms with Gasteiger partial charge in [-0.25, -0.2) is 0 Å². The highest BCUT2D eigenvalue weighted by molar-refractivity contribution is 5.81. The zero-order chi connectivity index (χ0) is 11.6. The van der Waals surface area contributed by atoms with Gasteiger partial charge in [0.05, 0.1) is 6.04 Å². The van der Waals surface area contributed by atoms with Crippen LogP contribution in [-0.4, -0.2) is 55.0 Å². The minimum absolute atomic E-state index is 0.105. The first-order chi connectivity index (χ1) is 6.97. The van der Waals surface area contributed by atoms with Gasteiger partial charge >= 0.3 is 0 Å². The van der Waals surface area contributed by atoms with Crippen LogP contribution in [0.3, 0.4) is 0 Å². The van der Waals surface area contributed by atoms with E-state index in [4.69, 9.17) is 5.73 Å². The fourth-order valence-electron chi connectivity index (χ4n) is 2.21. The van der Waals surface area contributed by atoms with Crippen LogP contribution in [0.4, 0.5) is 0 Å². The normalized spacial score (nSPS) is 28.5. The van der Waals surface area contributed by atoms with Gasteiger partial charge < -0.3 is 15.5 Å². The minimum Gasteiger partial charge on any atom is -0.339 e. The quantitative estimate of drug-likeness (QED) is 0.725. The van der Waals surface area contributed by atoms with Crippen LogP contribution in [0.15, 0.2) is 0 Å². The molecule has 3 atom stereocenters. The van der Waals surface area contributed by atoms with E-state index >= 15 is 0 Å². The lowest BCUT2D eigenvalue weighted by Gasteiger charge is -2.23. The molecule has 2 N–H and O–H groups in total. The third kappa shape index (κ3) is 2.69. The Bertz CT molecular complexity index is 230. The second-order valence-corrected chi connectivity index (χ2v) is 4.77. The van der Waals surface area contributed by atoms with E-state index in [2.05, 4.69) is 25.9 Å². The van der Waals surface area contributed by atoms with Crippen LogP contribution in [0.2, 0.25) is 0 Å². The molecule has 1 aliphatic heterocycles. The number of hydrogen-bond donors (Lipinski definition) is 1. The van der Waals surface area contributed by atoms with Crippen molar-refractivity contribution in [1.82, 2.24) is 9.80 Å². The molecular formula is C11H23N3O. The van der Waals surface area contributed by atoms with Crippen molar-refractivity contribution in [3.8, 4) is 0 Å². The van der Waals surface area contributed by atoms with E-state index in [0.717, 1.165) is 19.5 Å². The first-order valence-electron chi connectivity index (χ1n) is 5.68. The number of likely N-dealkylation sites (N-methyl/N-ethyl adjacent to an activating group) is 1. The lowest BCUT2D eigenvalue weighted by atomic mass is 10.1. The summed E-state index contributed by atoms with van der Waals surface area (Å²) in [7, 11) is 4.13. The van der Waals surface area contributed by atoms with Crippen LogP contribution < -0.4 is 5.73 Å². The van der Waals surface area contributed by atoms with E-state index in [9.17, 15) is 4.79 Å². The first-order valence-corrected chi connectivity index (χ1v) is 5.68. The Morgan fingerprint density at radius 3 is 2.53 bits per heavy atom. The van der Waals surface area contributed by atoms with Gasteiger partial charge in [0.25, 0.3) is 0 Å². The Labute approximate surface area is 92.4 Å². The van der Waals surface area contributed by atoms with E-state index in [-0.39, 0.29) is 11.9 Å². The highest BCUT2D eigenvalue weighted by atomic mass is 16.2. The molecule has 88 valence electrons. The van der Waals surface area contributed by atoms with Gasteiger partial charge in [-0.2, -0.15) is 0 Å². The number of hydrogen-bond acceptors (Lipinski definition) is 3. The number of rotatable bonds is 3. The van der Waals surface area contributed by atoms with E-state index in [1.54, 1.807) is 0 Å². The first kappa shape index (κ1) is 12.5. The van der Waals surface area contributed by atoms with Crippen molar-refractivity contribution in [3.63, 3.8) is 0 Å². The summed E-state index contributed by atoms with van der Waals surface area (Å²) in [5, 5.41) is 0. The average Bonchev–Trinajstić information content (AvgIpc) is 2.58. The van der Waals surface area contributed by atoms with E-state index < -0.39 is 0 Å². The maximum atomic E-state index is 11.9. The molecule has 1 heterocycles. The standard InChI is InChI=1S/C11H23N3O/c1-5-9(12)11(15)14-6-8(2)10(7-14)13(3)4/h8-10H,5-7,12H2,1-4H3/t8?,9-,10?/m0/s1. The summed E-state index contributed by atoms with van der Waals surface area (Å²) in [5.74, 6) is 0.640. The molecule has 1 aliphatic rings. The van der Waals surface area contributed by atoms with E-state index in [1.807, 2.05) is 11.8 Å². The molecule has 0 aliphatic carbocycles. The van der Waals surface area contributed by atoms with Crippen LogP contribution in [0, 0.1) is 5.92 Å². The fraction of sp³-hybridized carbons (Fsp3) is 0.909. The van der Waals surface area contributed by atoms with Crippen molar-refractivity contribution in [1.29, 1.82) is 0 Å². The predicted octanol–water partition coefficient (Wildman–Crippen LogP) is 0.132. The van der Waals surface area contributed by atoms with Crippen LogP contribution in [0.1, 0.15) is 20.3 Å². The third-order valence-electron chi connectivity index (χ3n) is 3.30. The van der Waals surface area contributed by atoms with Gasteiger partial charge in [0.15, 0.2) is 0 Å². The maximum Gasteiger partial charge on any atom is 0.239 e. The van der Waals surface area contributed by atoms with Crippen molar-refractivity contribution in [2.75, 3.05) is 27.2 Å². The summed E-state index contributed by atoms with van der Waals surface area (Å²) in [6.45, 7) is 5.80. The van der Waals surface area contributed by atoms with Gasteiger partial charge in [-0.15, -0.1) is 0 Å². The van der Waals surface area contributed by atoms with Gasteiger partial charge in [0.2, 0.25) is 5.91 Å². The maximum absolute atomic E-state index is 11.9. The van der Waals surface area contributed by atoms with Crippen LogP contribution in [0.25, 0.3) is 0 Å². The van der Waals surface area contributed by atoms with Crippen molar-refractivity contribution in [2.24, 2.45) is 11.7 Å². The summed E-state index contributed by atoms with van der Waals surface area (Å²) >= 11 is 0. The number of amides is 1. The van der Waals surface area contributed by atoms with Crippen molar-refractivity contribution in [3.05, 3.63) is 0 Å². The third-order valence-corrected chi connectivity index (χ3v) is 3.30. The number of likely N-dealkylation sites (tertiary alicyclic amines) is 1. The van der Waals surface area contributed by atoms with Crippen LogP contribution >= 0.6 is 0 Å². The molecule has 0 aromatic carbocycles. The van der Waals surface area contributed by atoms with Crippen molar-refractivity contribution in [2.45, 2.75) is 32.4 Å². The van der Waals surface area contributed by atoms with Crippen LogP contribution in [0.5, 0.6) is 0 Å². The monoisotopic (exact) mass is 213 g/mol. The number of carbonyl (C=O) groups excluding carboxylic acids is 1. The molecule has 1 rings (SSSR count). The minimum atomic E-state index is -0.321. The molecule has 0 aromatic rings. The summed E-state index contributed by atoms with van der Waals surface area (Å²) in [4.78, 5) is 16.0. The highest BCUT2D eigenvalue weighted by Crippen LogP contribution is 2.20. The average molecular weight is 213 g/mol. The smallest absolute Gasteiger partial charge is 0.239 e. The van der Waals surface area contributed by atoms with Gasteiger partial charge in [0, 0.05) is 19.1 Å². The Morgan fingerprint density at radius 2 is 2.13 bits per heavy atom. The van der Waals surface area contributed by atoms with Gasteiger partial charge in [-0.05, 0) is 26.4 Å². The van der Waals surface area contributed by atoms with Gasteiger partial charge in [0.1, 0.15) is 0 Å². The zero-order valence-corrected chi connectivity index (χ0v) is 10.2. The summed E-state index contributed by atoms with van der Waals surface area (Å²) in [6, 6.07) is 0.149. The summed E-state index contributed by atoms with van der Waals surface area (Å²) in [6.07, 6.45) is 0.719. The van der Waals surface area contributed by atoms with Gasteiger partial charge in [-0.1, -0.05) is 13.8 Å². The Kier molecular flexibility index (Phi) is 4.11. The van der Waals surface area contributed by atoms with E-state index in [0.29, 0.717) is 12.0 Å². The lowest BCUT2D eigenvalue weighted by Crippen LogP contribution is -2.43. The molecule has 15 heavy (non-hydrogen) atoms. The molecule has 0 saturated carbocycles. The summed E-state index contributed by atoms with van der Waals surface area (Å²) in [5.41, 5.74) is 5.76. The number of nitrogens with zero attached hydrogens (tertiary/aromatic N) is 2. The lowest BCUT2D eigenvalue weighted by molar-refractivity contribution is -0.131. The Morgan fingerprint density at radius 1 is 1.53 bits per heavy atom. The second-order valence-electron chi connectivity index (χ2n) is 4.77. The summed E-state index contributed by atoms with van der Waals surface area (Å²) < 4.78 is 0. The Hall–Kier alpha value is -0.610. The molecule has 1 fully saturated rings. The Balaban J connectivity index is 2.58. The molecule has 1 amide bonds. The second kappa shape index (κ2) is 4.94. The van der Waals surface area contributed by atoms with E-state index in [1.165, 1.54) is 0 Å². The zero-order valence-electron chi connectivity index (χ0n) is 10.2. The predicted molar refractivity (Wildman–Crippen MR) is 61.5 cm³/mol. The van der Waals surface area contributed by atoms with Crippen molar-refractivity contribution >= 4 is 5.91 Å². The topological polar surface area (TPSA) is 49.6 Å². The largest absolute Gasteiger partial charge is 0.339 e. The number of nitrogens with two attached hydrogens (primary N) is 1. The molecular weight excluding hydrogens is 190 g/mol. The molecule has 1 saturated heterocycles. The number of carbonyl (C=O) groups is 1. The molecule has 0 radical (unpaired) electrons. The molecule has 2 unspecified atom stereocenters. The SMILES string of the molecule is CC[C@H](N)C(=O)N1CC(C)C(N(C)C)C1. The molecule has 4 heteroatoms. The van der Waals surface area contributed by atoms with Gasteiger partial charge in [-0.3, -0.25) is 4.79 Å². The molecule has 0 bridgehead atoms. The van der Waals surface area contributed by atoms with Crippen LogP contribution in [-0.2, 0) is 4.79 Å². The molecule has 0 aromatic heterocycles. The fourth-order valence-corrected chi connectivity index (χ4v) is 2.21. The molecule has 4 nitrogen and oxygen atoms in total.